The van der Waals surface area contributed by atoms with Crippen LogP contribution in [-0.2, 0) is 10.0 Å². The molecule has 0 amide bonds. The number of ketones is 1. The Hall–Kier alpha value is -1.20. The van der Waals surface area contributed by atoms with Gasteiger partial charge in [-0.05, 0) is 31.4 Å². The summed E-state index contributed by atoms with van der Waals surface area (Å²) < 4.78 is 26.5. The van der Waals surface area contributed by atoms with Gasteiger partial charge in [-0.25, -0.2) is 13.1 Å². The molecule has 0 aliphatic heterocycles. The van der Waals surface area contributed by atoms with Crippen LogP contribution in [0.25, 0.3) is 0 Å². The van der Waals surface area contributed by atoms with Crippen molar-refractivity contribution in [2.75, 3.05) is 6.54 Å². The Kier molecular flexibility index (Phi) is 3.82. The summed E-state index contributed by atoms with van der Waals surface area (Å²) in [6, 6.07) is 6.13. The van der Waals surface area contributed by atoms with Gasteiger partial charge in [0.05, 0.1) is 4.90 Å². The molecule has 5 heteroatoms. The van der Waals surface area contributed by atoms with Gasteiger partial charge in [-0.15, -0.1) is 0 Å². The van der Waals surface area contributed by atoms with E-state index in [-0.39, 0.29) is 10.7 Å². The highest BCUT2D eigenvalue weighted by Gasteiger charge is 2.22. The van der Waals surface area contributed by atoms with Crippen LogP contribution in [0, 0.1) is 5.92 Å². The molecule has 1 N–H and O–H groups in total. The zero-order valence-electron chi connectivity index (χ0n) is 10.3. The molecule has 0 bridgehead atoms. The van der Waals surface area contributed by atoms with Crippen molar-refractivity contribution in [3.05, 3.63) is 29.8 Å². The van der Waals surface area contributed by atoms with Gasteiger partial charge >= 0.3 is 0 Å². The quantitative estimate of drug-likeness (QED) is 0.801. The van der Waals surface area contributed by atoms with Crippen LogP contribution >= 0.6 is 0 Å². The van der Waals surface area contributed by atoms with Gasteiger partial charge in [0.2, 0.25) is 10.0 Å². The summed E-state index contributed by atoms with van der Waals surface area (Å²) in [5.41, 5.74) is 0.417. The maximum absolute atomic E-state index is 12.0. The maximum atomic E-state index is 12.0. The first-order valence-electron chi connectivity index (χ1n) is 6.10. The maximum Gasteiger partial charge on any atom is 0.240 e. The van der Waals surface area contributed by atoms with Crippen molar-refractivity contribution in [1.82, 2.24) is 4.72 Å². The molecule has 1 saturated carbocycles. The highest BCUT2D eigenvalue weighted by Crippen LogP contribution is 2.31. The highest BCUT2D eigenvalue weighted by atomic mass is 32.2. The molecule has 4 nitrogen and oxygen atoms in total. The molecule has 0 atom stereocenters. The molecule has 1 aromatic rings. The van der Waals surface area contributed by atoms with Gasteiger partial charge in [-0.1, -0.05) is 25.0 Å². The van der Waals surface area contributed by atoms with Crippen molar-refractivity contribution in [2.24, 2.45) is 5.92 Å². The summed E-state index contributed by atoms with van der Waals surface area (Å²) in [4.78, 5) is 11.4. The number of rotatable bonds is 6. The molecule has 0 radical (unpaired) electrons. The monoisotopic (exact) mass is 267 g/mol. The molecule has 0 spiro atoms. The molecule has 98 valence electrons. The molecule has 2 rings (SSSR count). The van der Waals surface area contributed by atoms with Gasteiger partial charge in [-0.2, -0.15) is 0 Å². The normalized spacial score (nSPS) is 15.6. The van der Waals surface area contributed by atoms with Crippen LogP contribution in [0.3, 0.4) is 0 Å². The SMILES string of the molecule is CC(=O)c1cccc(S(=O)(=O)NCCC2CC2)c1. The van der Waals surface area contributed by atoms with Crippen molar-refractivity contribution >= 4 is 15.8 Å². The Labute approximate surface area is 107 Å². The van der Waals surface area contributed by atoms with Crippen LogP contribution in [-0.4, -0.2) is 20.7 Å². The van der Waals surface area contributed by atoms with E-state index in [1.807, 2.05) is 0 Å². The minimum absolute atomic E-state index is 0.134. The van der Waals surface area contributed by atoms with Crippen molar-refractivity contribution in [3.8, 4) is 0 Å². The topological polar surface area (TPSA) is 63.2 Å². The van der Waals surface area contributed by atoms with E-state index in [9.17, 15) is 13.2 Å². The summed E-state index contributed by atoms with van der Waals surface area (Å²) in [6.07, 6.45) is 3.31. The molecule has 0 heterocycles. The third-order valence-corrected chi connectivity index (χ3v) is 4.55. The zero-order chi connectivity index (χ0) is 13.2. The van der Waals surface area contributed by atoms with Crippen LogP contribution in [0.15, 0.2) is 29.2 Å². The van der Waals surface area contributed by atoms with E-state index in [1.54, 1.807) is 12.1 Å². The van der Waals surface area contributed by atoms with Gasteiger partial charge in [0.15, 0.2) is 5.78 Å². The molecule has 1 aliphatic carbocycles. The van der Waals surface area contributed by atoms with E-state index in [0.717, 1.165) is 6.42 Å². The van der Waals surface area contributed by atoms with Crippen LogP contribution in [0.4, 0.5) is 0 Å². The number of sulfonamides is 1. The summed E-state index contributed by atoms with van der Waals surface area (Å²) in [5, 5.41) is 0. The van der Waals surface area contributed by atoms with E-state index in [2.05, 4.69) is 4.72 Å². The predicted molar refractivity (Wildman–Crippen MR) is 69.0 cm³/mol. The average molecular weight is 267 g/mol. The van der Waals surface area contributed by atoms with Crippen molar-refractivity contribution in [1.29, 1.82) is 0 Å². The highest BCUT2D eigenvalue weighted by molar-refractivity contribution is 7.89. The molecule has 0 unspecified atom stereocenters. The smallest absolute Gasteiger partial charge is 0.240 e. The minimum Gasteiger partial charge on any atom is -0.295 e. The fourth-order valence-corrected chi connectivity index (χ4v) is 2.86. The van der Waals surface area contributed by atoms with Gasteiger partial charge in [0, 0.05) is 12.1 Å². The van der Waals surface area contributed by atoms with E-state index in [4.69, 9.17) is 0 Å². The number of nitrogens with one attached hydrogen (secondary N) is 1. The lowest BCUT2D eigenvalue weighted by molar-refractivity contribution is 0.101. The fraction of sp³-hybridized carbons (Fsp3) is 0.462. The average Bonchev–Trinajstić information content (AvgIpc) is 3.13. The van der Waals surface area contributed by atoms with E-state index in [1.165, 1.54) is 31.9 Å². The summed E-state index contributed by atoms with van der Waals surface area (Å²) in [6.45, 7) is 1.89. The first-order chi connectivity index (χ1) is 8.49. The zero-order valence-corrected chi connectivity index (χ0v) is 11.2. The molecule has 1 aliphatic rings. The number of hydrogen-bond donors (Lipinski definition) is 1. The number of hydrogen-bond acceptors (Lipinski definition) is 3. The third kappa shape index (κ3) is 3.40. The van der Waals surface area contributed by atoms with Crippen LogP contribution in [0.1, 0.15) is 36.5 Å². The van der Waals surface area contributed by atoms with Crippen LogP contribution < -0.4 is 4.72 Å². The second-order valence-electron chi connectivity index (χ2n) is 4.71. The van der Waals surface area contributed by atoms with Gasteiger partial charge in [0.25, 0.3) is 0 Å². The largest absolute Gasteiger partial charge is 0.295 e. The standard InChI is InChI=1S/C13H17NO3S/c1-10(15)12-3-2-4-13(9-12)18(16,17)14-8-7-11-5-6-11/h2-4,9,11,14H,5-8H2,1H3. The van der Waals surface area contributed by atoms with E-state index >= 15 is 0 Å². The molecule has 1 aromatic carbocycles. The Balaban J connectivity index is 2.07. The summed E-state index contributed by atoms with van der Waals surface area (Å²) in [5.74, 6) is 0.557. The summed E-state index contributed by atoms with van der Waals surface area (Å²) >= 11 is 0. The lowest BCUT2D eigenvalue weighted by atomic mass is 10.2. The molecule has 1 fully saturated rings. The van der Waals surface area contributed by atoms with Gasteiger partial charge in [-0.3, -0.25) is 4.79 Å². The fourth-order valence-electron chi connectivity index (χ4n) is 1.77. The van der Waals surface area contributed by atoms with Gasteiger partial charge in [0.1, 0.15) is 0 Å². The first-order valence-corrected chi connectivity index (χ1v) is 7.58. The summed E-state index contributed by atoms with van der Waals surface area (Å²) in [7, 11) is -3.49. The number of carbonyl (C=O) groups excluding carboxylic acids is 1. The van der Waals surface area contributed by atoms with Crippen molar-refractivity contribution in [2.45, 2.75) is 31.1 Å². The van der Waals surface area contributed by atoms with Crippen molar-refractivity contribution < 1.29 is 13.2 Å². The van der Waals surface area contributed by atoms with Crippen molar-refractivity contribution in [3.63, 3.8) is 0 Å². The molecule has 0 aromatic heterocycles. The lowest BCUT2D eigenvalue weighted by Crippen LogP contribution is -2.25. The molecular formula is C13H17NO3S. The minimum atomic E-state index is -3.49. The Morgan fingerprint density at radius 1 is 1.39 bits per heavy atom. The van der Waals surface area contributed by atoms with Crippen LogP contribution in [0.2, 0.25) is 0 Å². The molecule has 0 saturated heterocycles. The van der Waals surface area contributed by atoms with Crippen LogP contribution in [0.5, 0.6) is 0 Å². The lowest BCUT2D eigenvalue weighted by Gasteiger charge is -2.07. The van der Waals surface area contributed by atoms with E-state index in [0.29, 0.717) is 18.0 Å². The first kappa shape index (κ1) is 13.2. The number of carbonyl (C=O) groups is 1. The molecule has 18 heavy (non-hydrogen) atoms. The second-order valence-corrected chi connectivity index (χ2v) is 6.48. The second kappa shape index (κ2) is 5.20. The Bertz CT molecular complexity index is 547. The Morgan fingerprint density at radius 3 is 2.72 bits per heavy atom. The van der Waals surface area contributed by atoms with E-state index < -0.39 is 10.0 Å². The molecular weight excluding hydrogens is 250 g/mol. The van der Waals surface area contributed by atoms with Gasteiger partial charge < -0.3 is 0 Å². The third-order valence-electron chi connectivity index (χ3n) is 3.09. The Morgan fingerprint density at radius 2 is 2.11 bits per heavy atom. The number of Topliss-reactive ketones (excluding diaryl/α,β-unsaturated/α-hetero) is 1. The predicted octanol–water partition coefficient (Wildman–Crippen LogP) is 1.97. The number of benzene rings is 1.